The molecule has 0 saturated carbocycles. The number of nitrogen functional groups attached to an aromatic ring is 1. The molecule has 1 aromatic heterocycles. The first kappa shape index (κ1) is 17.1. The summed E-state index contributed by atoms with van der Waals surface area (Å²) in [7, 11) is 0. The highest BCUT2D eigenvalue weighted by molar-refractivity contribution is 7.14. The second-order valence-corrected chi connectivity index (χ2v) is 6.15. The minimum Gasteiger partial charge on any atom is -0.488 e. The van der Waals surface area contributed by atoms with Gasteiger partial charge in [-0.15, -0.1) is 11.3 Å². The van der Waals surface area contributed by atoms with E-state index in [1.54, 1.807) is 5.38 Å². The summed E-state index contributed by atoms with van der Waals surface area (Å²) in [5.41, 5.74) is 8.38. The summed E-state index contributed by atoms with van der Waals surface area (Å²) in [6.07, 6.45) is 2.02. The normalized spacial score (nSPS) is 11.3. The molecule has 1 aromatic carbocycles. The van der Waals surface area contributed by atoms with E-state index in [-0.39, 0.29) is 17.9 Å². The van der Waals surface area contributed by atoms with Gasteiger partial charge in [0, 0.05) is 10.9 Å². The lowest BCUT2D eigenvalue weighted by Crippen LogP contribution is -2.05. The Labute approximate surface area is 137 Å². The number of hydrogen-bond acceptors (Lipinski definition) is 6. The fourth-order valence-corrected chi connectivity index (χ4v) is 2.24. The SMILES string of the molecule is CC(C)CCOc1c(F)cc(C=NNc2nc(N)cs2)cc1F. The van der Waals surface area contributed by atoms with Crippen LogP contribution in [0.5, 0.6) is 5.75 Å². The minimum atomic E-state index is -0.756. The van der Waals surface area contributed by atoms with Crippen molar-refractivity contribution >= 4 is 28.5 Å². The zero-order chi connectivity index (χ0) is 16.8. The van der Waals surface area contributed by atoms with Crippen LogP contribution in [0.4, 0.5) is 19.7 Å². The van der Waals surface area contributed by atoms with Crippen molar-refractivity contribution in [2.24, 2.45) is 11.0 Å². The van der Waals surface area contributed by atoms with E-state index in [0.717, 1.165) is 18.6 Å². The van der Waals surface area contributed by atoms with Crippen molar-refractivity contribution in [3.63, 3.8) is 0 Å². The smallest absolute Gasteiger partial charge is 0.205 e. The molecule has 2 rings (SSSR count). The molecule has 0 bridgehead atoms. The van der Waals surface area contributed by atoms with Gasteiger partial charge in [-0.3, -0.25) is 5.43 Å². The molecule has 8 heteroatoms. The standard InChI is InChI=1S/C15H18F2N4OS/c1-9(2)3-4-22-14-11(16)5-10(6-12(14)17)7-19-21-15-20-13(18)8-23-15/h5-9H,3-4,18H2,1-2H3,(H,20,21). The number of hydrazone groups is 1. The fraction of sp³-hybridized carbons (Fsp3) is 0.333. The van der Waals surface area contributed by atoms with E-state index < -0.39 is 11.6 Å². The third-order valence-corrected chi connectivity index (χ3v) is 3.62. The molecule has 0 spiro atoms. The minimum absolute atomic E-state index is 0.270. The molecule has 0 aliphatic carbocycles. The Balaban J connectivity index is 2.00. The largest absolute Gasteiger partial charge is 0.488 e. The highest BCUT2D eigenvalue weighted by Crippen LogP contribution is 2.23. The first-order valence-corrected chi connectivity index (χ1v) is 7.95. The Hall–Kier alpha value is -2.22. The molecule has 1 heterocycles. The van der Waals surface area contributed by atoms with Crippen molar-refractivity contribution in [1.82, 2.24) is 4.98 Å². The third-order valence-electron chi connectivity index (χ3n) is 2.86. The molecular weight excluding hydrogens is 322 g/mol. The third kappa shape index (κ3) is 5.17. The van der Waals surface area contributed by atoms with Crippen molar-refractivity contribution in [3.05, 3.63) is 34.7 Å². The van der Waals surface area contributed by atoms with E-state index in [2.05, 4.69) is 15.5 Å². The quantitative estimate of drug-likeness (QED) is 0.593. The maximum absolute atomic E-state index is 13.9. The van der Waals surface area contributed by atoms with Crippen LogP contribution in [0.2, 0.25) is 0 Å². The molecule has 0 aliphatic rings. The first-order valence-electron chi connectivity index (χ1n) is 7.07. The summed E-state index contributed by atoms with van der Waals surface area (Å²) in [5.74, 6) is -1.09. The van der Waals surface area contributed by atoms with Gasteiger partial charge in [-0.2, -0.15) is 5.10 Å². The summed E-state index contributed by atoms with van der Waals surface area (Å²) in [6, 6.07) is 2.32. The van der Waals surface area contributed by atoms with Gasteiger partial charge in [-0.25, -0.2) is 13.8 Å². The van der Waals surface area contributed by atoms with E-state index in [0.29, 0.717) is 16.9 Å². The maximum Gasteiger partial charge on any atom is 0.205 e. The van der Waals surface area contributed by atoms with Crippen LogP contribution in [0.3, 0.4) is 0 Å². The van der Waals surface area contributed by atoms with E-state index in [1.807, 2.05) is 13.8 Å². The van der Waals surface area contributed by atoms with Gasteiger partial charge in [0.25, 0.3) is 0 Å². The molecule has 0 saturated heterocycles. The monoisotopic (exact) mass is 340 g/mol. The van der Waals surface area contributed by atoms with Gasteiger partial charge in [-0.05, 0) is 24.5 Å². The Morgan fingerprint density at radius 1 is 1.39 bits per heavy atom. The number of anilines is 2. The lowest BCUT2D eigenvalue weighted by atomic mass is 10.1. The average Bonchev–Trinajstić information content (AvgIpc) is 2.87. The molecule has 3 N–H and O–H groups in total. The topological polar surface area (TPSA) is 72.5 Å². The summed E-state index contributed by atoms with van der Waals surface area (Å²) in [4.78, 5) is 3.94. The van der Waals surface area contributed by atoms with Gasteiger partial charge < -0.3 is 10.5 Å². The highest BCUT2D eigenvalue weighted by atomic mass is 32.1. The second kappa shape index (κ2) is 7.87. The molecule has 0 fully saturated rings. The Morgan fingerprint density at radius 3 is 2.65 bits per heavy atom. The van der Waals surface area contributed by atoms with Crippen LogP contribution in [-0.4, -0.2) is 17.8 Å². The molecule has 2 aromatic rings. The van der Waals surface area contributed by atoms with Crippen molar-refractivity contribution in [2.75, 3.05) is 17.8 Å². The molecule has 0 amide bonds. The van der Waals surface area contributed by atoms with Gasteiger partial charge >= 0.3 is 0 Å². The molecular formula is C15H18F2N4OS. The number of aromatic nitrogens is 1. The van der Waals surface area contributed by atoms with Crippen LogP contribution >= 0.6 is 11.3 Å². The van der Waals surface area contributed by atoms with Crippen LogP contribution in [0, 0.1) is 17.6 Å². The summed E-state index contributed by atoms with van der Waals surface area (Å²) in [6.45, 7) is 4.30. The van der Waals surface area contributed by atoms with Gasteiger partial charge in [0.1, 0.15) is 5.82 Å². The van der Waals surface area contributed by atoms with E-state index in [1.165, 1.54) is 17.6 Å². The molecule has 0 radical (unpaired) electrons. The van der Waals surface area contributed by atoms with Crippen LogP contribution in [0.1, 0.15) is 25.8 Å². The molecule has 5 nitrogen and oxygen atoms in total. The predicted molar refractivity (Wildman–Crippen MR) is 89.1 cm³/mol. The lowest BCUT2D eigenvalue weighted by molar-refractivity contribution is 0.263. The summed E-state index contributed by atoms with van der Waals surface area (Å²) >= 11 is 1.28. The summed E-state index contributed by atoms with van der Waals surface area (Å²) in [5, 5.41) is 6.01. The van der Waals surface area contributed by atoms with Crippen molar-refractivity contribution < 1.29 is 13.5 Å². The number of halogens is 2. The number of nitrogens with two attached hydrogens (primary N) is 1. The average molecular weight is 340 g/mol. The Bertz CT molecular complexity index is 665. The van der Waals surface area contributed by atoms with Crippen molar-refractivity contribution in [1.29, 1.82) is 0 Å². The van der Waals surface area contributed by atoms with Gasteiger partial charge in [0.15, 0.2) is 17.4 Å². The van der Waals surface area contributed by atoms with E-state index in [4.69, 9.17) is 10.5 Å². The number of benzene rings is 1. The Kier molecular flexibility index (Phi) is 5.86. The second-order valence-electron chi connectivity index (χ2n) is 5.29. The molecule has 23 heavy (non-hydrogen) atoms. The summed E-state index contributed by atoms with van der Waals surface area (Å²) < 4.78 is 33.0. The number of ether oxygens (including phenoxy) is 1. The predicted octanol–water partition coefficient (Wildman–Crippen LogP) is 3.87. The number of nitrogens with zero attached hydrogens (tertiary/aromatic N) is 2. The number of thiazole rings is 1. The number of nitrogens with one attached hydrogen (secondary N) is 1. The zero-order valence-electron chi connectivity index (χ0n) is 12.8. The molecule has 124 valence electrons. The van der Waals surface area contributed by atoms with Gasteiger partial charge in [0.05, 0.1) is 12.8 Å². The molecule has 0 atom stereocenters. The van der Waals surface area contributed by atoms with Crippen LogP contribution in [0.15, 0.2) is 22.6 Å². The van der Waals surface area contributed by atoms with Gasteiger partial charge in [0.2, 0.25) is 5.13 Å². The van der Waals surface area contributed by atoms with Crippen molar-refractivity contribution in [2.45, 2.75) is 20.3 Å². The first-order chi connectivity index (χ1) is 11.0. The maximum atomic E-state index is 13.9. The highest BCUT2D eigenvalue weighted by Gasteiger charge is 2.12. The van der Waals surface area contributed by atoms with Crippen LogP contribution in [-0.2, 0) is 0 Å². The molecule has 0 aliphatic heterocycles. The number of rotatable bonds is 7. The number of hydrogen-bond donors (Lipinski definition) is 2. The fourth-order valence-electron chi connectivity index (χ4n) is 1.69. The molecule has 0 unspecified atom stereocenters. The van der Waals surface area contributed by atoms with Crippen LogP contribution < -0.4 is 15.9 Å². The van der Waals surface area contributed by atoms with E-state index in [9.17, 15) is 8.78 Å². The van der Waals surface area contributed by atoms with Gasteiger partial charge in [-0.1, -0.05) is 13.8 Å². The van der Waals surface area contributed by atoms with Crippen LogP contribution in [0.25, 0.3) is 0 Å². The van der Waals surface area contributed by atoms with Crippen molar-refractivity contribution in [3.8, 4) is 5.75 Å². The van der Waals surface area contributed by atoms with E-state index >= 15 is 0 Å². The lowest BCUT2D eigenvalue weighted by Gasteiger charge is -2.10. The Morgan fingerprint density at radius 2 is 2.09 bits per heavy atom. The zero-order valence-corrected chi connectivity index (χ0v) is 13.7.